The minimum Gasteiger partial charge on any atom is -0.396 e. The largest absolute Gasteiger partial charge is 0.396 e. The van der Waals surface area contributed by atoms with Crippen LogP contribution in [0.25, 0.3) is 10.9 Å². The average Bonchev–Trinajstić information content (AvgIpc) is 2.39. The van der Waals surface area contributed by atoms with E-state index in [0.717, 1.165) is 30.0 Å². The highest BCUT2D eigenvalue weighted by Gasteiger charge is 2.16. The van der Waals surface area contributed by atoms with Crippen LogP contribution in [0.15, 0.2) is 30.5 Å². The molecule has 17 heavy (non-hydrogen) atoms. The SMILES string of the molecule is Nc1cnc2ccccc2c1N1CCSCC1. The first-order valence-electron chi connectivity index (χ1n) is 5.82. The minimum absolute atomic E-state index is 0.788. The predicted octanol–water partition coefficient (Wildman–Crippen LogP) is 2.37. The molecule has 2 heterocycles. The molecule has 1 aliphatic heterocycles. The van der Waals surface area contributed by atoms with E-state index in [2.05, 4.69) is 16.0 Å². The van der Waals surface area contributed by atoms with Crippen LogP contribution in [0, 0.1) is 0 Å². The van der Waals surface area contributed by atoms with Crippen molar-refractivity contribution in [2.24, 2.45) is 0 Å². The second kappa shape index (κ2) is 4.45. The van der Waals surface area contributed by atoms with Crippen molar-refractivity contribution in [3.05, 3.63) is 30.5 Å². The zero-order valence-corrected chi connectivity index (χ0v) is 10.4. The van der Waals surface area contributed by atoms with Crippen LogP contribution in [0.3, 0.4) is 0 Å². The van der Waals surface area contributed by atoms with Gasteiger partial charge in [-0.3, -0.25) is 4.98 Å². The zero-order chi connectivity index (χ0) is 11.7. The van der Waals surface area contributed by atoms with Gasteiger partial charge in [0.1, 0.15) is 0 Å². The Balaban J connectivity index is 2.15. The van der Waals surface area contributed by atoms with Crippen molar-refractivity contribution >= 4 is 34.0 Å². The maximum absolute atomic E-state index is 6.11. The molecule has 0 aliphatic carbocycles. The number of hydrogen-bond acceptors (Lipinski definition) is 4. The first kappa shape index (κ1) is 10.7. The molecule has 0 bridgehead atoms. The summed E-state index contributed by atoms with van der Waals surface area (Å²) < 4.78 is 0. The van der Waals surface area contributed by atoms with Crippen LogP contribution in [0.5, 0.6) is 0 Å². The second-order valence-corrected chi connectivity index (χ2v) is 5.40. The average molecular weight is 245 g/mol. The van der Waals surface area contributed by atoms with Crippen molar-refractivity contribution in [1.82, 2.24) is 4.98 Å². The van der Waals surface area contributed by atoms with Crippen LogP contribution in [0.2, 0.25) is 0 Å². The molecule has 3 nitrogen and oxygen atoms in total. The van der Waals surface area contributed by atoms with E-state index in [1.54, 1.807) is 6.20 Å². The summed E-state index contributed by atoms with van der Waals surface area (Å²) in [5.74, 6) is 2.35. The lowest BCUT2D eigenvalue weighted by Crippen LogP contribution is -2.33. The molecule has 2 N–H and O–H groups in total. The van der Waals surface area contributed by atoms with Crippen LogP contribution < -0.4 is 10.6 Å². The lowest BCUT2D eigenvalue weighted by molar-refractivity contribution is 0.863. The molecule has 0 spiro atoms. The minimum atomic E-state index is 0.788. The molecule has 0 saturated carbocycles. The van der Waals surface area contributed by atoms with Crippen molar-refractivity contribution in [2.45, 2.75) is 0 Å². The quantitative estimate of drug-likeness (QED) is 0.837. The molecule has 1 fully saturated rings. The van der Waals surface area contributed by atoms with E-state index in [4.69, 9.17) is 5.73 Å². The lowest BCUT2D eigenvalue weighted by Gasteiger charge is -2.30. The molecule has 1 aromatic carbocycles. The van der Waals surface area contributed by atoms with E-state index < -0.39 is 0 Å². The van der Waals surface area contributed by atoms with Crippen molar-refractivity contribution in [2.75, 3.05) is 35.2 Å². The van der Waals surface area contributed by atoms with Crippen LogP contribution >= 0.6 is 11.8 Å². The summed E-state index contributed by atoms with van der Waals surface area (Å²) >= 11 is 2.01. The van der Waals surface area contributed by atoms with Gasteiger partial charge in [0.05, 0.1) is 23.1 Å². The van der Waals surface area contributed by atoms with Gasteiger partial charge in [0, 0.05) is 30.0 Å². The van der Waals surface area contributed by atoms with Gasteiger partial charge in [-0.2, -0.15) is 11.8 Å². The maximum atomic E-state index is 6.11. The highest BCUT2D eigenvalue weighted by molar-refractivity contribution is 7.99. The van der Waals surface area contributed by atoms with Crippen LogP contribution in [-0.4, -0.2) is 29.6 Å². The van der Waals surface area contributed by atoms with Gasteiger partial charge in [-0.15, -0.1) is 0 Å². The number of pyridine rings is 1. The fraction of sp³-hybridized carbons (Fsp3) is 0.308. The molecule has 2 aromatic rings. The van der Waals surface area contributed by atoms with E-state index in [1.807, 2.05) is 30.0 Å². The van der Waals surface area contributed by atoms with Crippen LogP contribution in [0.4, 0.5) is 11.4 Å². The summed E-state index contributed by atoms with van der Waals surface area (Å²) in [6.07, 6.45) is 1.78. The second-order valence-electron chi connectivity index (χ2n) is 4.18. The summed E-state index contributed by atoms with van der Waals surface area (Å²) in [6.45, 7) is 2.14. The highest BCUT2D eigenvalue weighted by Crippen LogP contribution is 2.32. The van der Waals surface area contributed by atoms with E-state index >= 15 is 0 Å². The predicted molar refractivity (Wildman–Crippen MR) is 75.7 cm³/mol. The number of thioether (sulfide) groups is 1. The Kier molecular flexibility index (Phi) is 2.81. The van der Waals surface area contributed by atoms with Crippen molar-refractivity contribution in [3.63, 3.8) is 0 Å². The number of benzene rings is 1. The molecule has 0 atom stereocenters. The molecular weight excluding hydrogens is 230 g/mol. The van der Waals surface area contributed by atoms with Crippen LogP contribution in [0.1, 0.15) is 0 Å². The Labute approximate surface area is 105 Å². The van der Waals surface area contributed by atoms with Crippen molar-refractivity contribution < 1.29 is 0 Å². The van der Waals surface area contributed by atoms with Gasteiger partial charge in [0.2, 0.25) is 0 Å². The molecule has 88 valence electrons. The Morgan fingerprint density at radius 2 is 1.94 bits per heavy atom. The van der Waals surface area contributed by atoms with E-state index in [9.17, 15) is 0 Å². The molecule has 3 rings (SSSR count). The van der Waals surface area contributed by atoms with Crippen molar-refractivity contribution in [3.8, 4) is 0 Å². The third-order valence-corrected chi connectivity index (χ3v) is 4.05. The van der Waals surface area contributed by atoms with Gasteiger partial charge >= 0.3 is 0 Å². The standard InChI is InChI=1S/C13H15N3S/c14-11-9-15-12-4-2-1-3-10(12)13(11)16-5-7-17-8-6-16/h1-4,9H,5-8,14H2. The molecule has 1 aromatic heterocycles. The Morgan fingerprint density at radius 3 is 2.76 bits per heavy atom. The fourth-order valence-electron chi connectivity index (χ4n) is 2.28. The molecule has 1 aliphatic rings. The summed E-state index contributed by atoms with van der Waals surface area (Å²) in [7, 11) is 0. The molecule has 0 radical (unpaired) electrons. The Bertz CT molecular complexity index is 535. The molecule has 0 amide bonds. The number of rotatable bonds is 1. The molecule has 0 unspecified atom stereocenters. The lowest BCUT2D eigenvalue weighted by atomic mass is 10.1. The Morgan fingerprint density at radius 1 is 1.18 bits per heavy atom. The summed E-state index contributed by atoms with van der Waals surface area (Å²) in [5, 5.41) is 1.17. The first-order chi connectivity index (χ1) is 8.36. The number of nitrogen functional groups attached to an aromatic ring is 1. The van der Waals surface area contributed by atoms with Gasteiger partial charge in [0.25, 0.3) is 0 Å². The first-order valence-corrected chi connectivity index (χ1v) is 6.97. The number of hydrogen-bond donors (Lipinski definition) is 1. The van der Waals surface area contributed by atoms with Gasteiger partial charge in [-0.1, -0.05) is 18.2 Å². The van der Waals surface area contributed by atoms with Gasteiger partial charge in [-0.25, -0.2) is 0 Å². The summed E-state index contributed by atoms with van der Waals surface area (Å²) in [6, 6.07) is 8.21. The number of anilines is 2. The number of nitrogens with zero attached hydrogens (tertiary/aromatic N) is 2. The van der Waals surface area contributed by atoms with E-state index in [-0.39, 0.29) is 0 Å². The highest BCUT2D eigenvalue weighted by atomic mass is 32.2. The van der Waals surface area contributed by atoms with E-state index in [0.29, 0.717) is 0 Å². The number of aromatic nitrogens is 1. The molecule has 4 heteroatoms. The number of fused-ring (bicyclic) bond motifs is 1. The number of nitrogens with two attached hydrogens (primary N) is 1. The third kappa shape index (κ3) is 1.93. The van der Waals surface area contributed by atoms with Gasteiger partial charge in [-0.05, 0) is 6.07 Å². The van der Waals surface area contributed by atoms with Crippen molar-refractivity contribution in [1.29, 1.82) is 0 Å². The maximum Gasteiger partial charge on any atom is 0.0745 e. The summed E-state index contributed by atoms with van der Waals surface area (Å²) in [4.78, 5) is 6.76. The third-order valence-electron chi connectivity index (χ3n) is 3.10. The normalized spacial score (nSPS) is 16.4. The molecule has 1 saturated heterocycles. The van der Waals surface area contributed by atoms with Gasteiger partial charge < -0.3 is 10.6 Å². The van der Waals surface area contributed by atoms with Gasteiger partial charge in [0.15, 0.2) is 0 Å². The topological polar surface area (TPSA) is 42.1 Å². The zero-order valence-electron chi connectivity index (χ0n) is 9.60. The summed E-state index contributed by atoms with van der Waals surface area (Å²) in [5.41, 5.74) is 9.08. The smallest absolute Gasteiger partial charge is 0.0745 e. The van der Waals surface area contributed by atoms with E-state index in [1.165, 1.54) is 16.9 Å². The van der Waals surface area contributed by atoms with Crippen LogP contribution in [-0.2, 0) is 0 Å². The fourth-order valence-corrected chi connectivity index (χ4v) is 3.19. The Hall–Kier alpha value is -1.42. The molecular formula is C13H15N3S. The monoisotopic (exact) mass is 245 g/mol. The number of para-hydroxylation sites is 1.